The van der Waals surface area contributed by atoms with E-state index in [0.717, 1.165) is 6.42 Å². The molecule has 2 aliphatic heterocycles. The van der Waals surface area contributed by atoms with Crippen LogP contribution >= 0.6 is 12.2 Å². The summed E-state index contributed by atoms with van der Waals surface area (Å²) in [6.45, 7) is 2.58. The largest absolute Gasteiger partial charge is 0.486 e. The van der Waals surface area contributed by atoms with Crippen LogP contribution in [0.15, 0.2) is 97.1 Å². The second-order valence-corrected chi connectivity index (χ2v) is 8.88. The standard InChI is InChI=1S/C17H17NOS.C13H11N/c1-3-19-17(20)16-12-8-4-6-10-14(12)18(2)15-11-7-5-9-13(15)16;1-3-7-12-10(5-1)9-11-6-2-4-8-13(11)14-12/h4-11,16H,3H2,1-2H3;1-8,14H,9H2. The van der Waals surface area contributed by atoms with E-state index < -0.39 is 0 Å². The molecule has 0 fully saturated rings. The number of rotatable bonds is 2. The topological polar surface area (TPSA) is 24.5 Å². The quantitative estimate of drug-likeness (QED) is 0.272. The molecule has 3 nitrogen and oxygen atoms in total. The first-order valence-electron chi connectivity index (χ1n) is 11.7. The highest BCUT2D eigenvalue weighted by molar-refractivity contribution is 7.80. The number of fused-ring (bicyclic) bond motifs is 4. The van der Waals surface area contributed by atoms with Crippen molar-refractivity contribution >= 4 is 40.0 Å². The molecule has 0 spiro atoms. The summed E-state index contributed by atoms with van der Waals surface area (Å²) in [7, 11) is 2.09. The highest BCUT2D eigenvalue weighted by Crippen LogP contribution is 2.45. The van der Waals surface area contributed by atoms with Gasteiger partial charge in [-0.2, -0.15) is 0 Å². The number of ether oxygens (including phenoxy) is 1. The molecule has 34 heavy (non-hydrogen) atoms. The first kappa shape index (κ1) is 22.2. The van der Waals surface area contributed by atoms with Gasteiger partial charge in [0.15, 0.2) is 5.05 Å². The lowest BCUT2D eigenvalue weighted by molar-refractivity contribution is 0.325. The molecule has 4 aromatic carbocycles. The number of thiocarbonyl (C=S) groups is 1. The van der Waals surface area contributed by atoms with Crippen molar-refractivity contribution in [1.29, 1.82) is 0 Å². The Morgan fingerprint density at radius 2 is 1.26 bits per heavy atom. The molecular weight excluding hydrogens is 436 g/mol. The van der Waals surface area contributed by atoms with Crippen molar-refractivity contribution in [1.82, 2.24) is 0 Å². The molecule has 2 aliphatic rings. The van der Waals surface area contributed by atoms with Crippen molar-refractivity contribution < 1.29 is 4.74 Å². The van der Waals surface area contributed by atoms with Gasteiger partial charge >= 0.3 is 0 Å². The SMILES string of the molecule is CCOC(=S)C1c2ccccc2N(C)c2ccccc21.c1ccc2c(c1)Cc1ccccc1N2. The summed E-state index contributed by atoms with van der Waals surface area (Å²) in [5.41, 5.74) is 10.1. The van der Waals surface area contributed by atoms with Crippen LogP contribution in [0.1, 0.15) is 35.1 Å². The van der Waals surface area contributed by atoms with Gasteiger partial charge in [-0.25, -0.2) is 0 Å². The lowest BCUT2D eigenvalue weighted by atomic mass is 9.85. The molecule has 0 saturated carbocycles. The van der Waals surface area contributed by atoms with Gasteiger partial charge in [-0.05, 0) is 65.7 Å². The van der Waals surface area contributed by atoms with Crippen molar-refractivity contribution in [2.75, 3.05) is 23.9 Å². The Morgan fingerprint density at radius 1 is 0.794 bits per heavy atom. The number of para-hydroxylation sites is 4. The zero-order valence-electron chi connectivity index (χ0n) is 19.5. The van der Waals surface area contributed by atoms with Gasteiger partial charge in [0.1, 0.15) is 0 Å². The maximum Gasteiger partial charge on any atom is 0.171 e. The van der Waals surface area contributed by atoms with Gasteiger partial charge < -0.3 is 15.0 Å². The summed E-state index contributed by atoms with van der Waals surface area (Å²) in [6, 6.07) is 33.7. The van der Waals surface area contributed by atoms with Crippen LogP contribution in [-0.4, -0.2) is 18.7 Å². The van der Waals surface area contributed by atoms with Crippen LogP contribution < -0.4 is 10.2 Å². The lowest BCUT2D eigenvalue weighted by Crippen LogP contribution is -2.26. The Morgan fingerprint density at radius 3 is 1.79 bits per heavy atom. The van der Waals surface area contributed by atoms with E-state index in [2.05, 4.69) is 114 Å². The third-order valence-corrected chi connectivity index (χ3v) is 6.78. The van der Waals surface area contributed by atoms with Gasteiger partial charge in [-0.15, -0.1) is 0 Å². The third-order valence-electron chi connectivity index (χ3n) is 6.43. The predicted molar refractivity (Wildman–Crippen MR) is 146 cm³/mol. The molecule has 0 saturated heterocycles. The van der Waals surface area contributed by atoms with Crippen LogP contribution in [0, 0.1) is 0 Å². The molecular formula is C30H28N2OS. The molecule has 1 N–H and O–H groups in total. The number of anilines is 4. The molecule has 0 atom stereocenters. The molecule has 2 heterocycles. The summed E-state index contributed by atoms with van der Waals surface area (Å²) in [4.78, 5) is 2.22. The monoisotopic (exact) mass is 464 g/mol. The van der Waals surface area contributed by atoms with Crippen molar-refractivity contribution in [3.05, 3.63) is 119 Å². The van der Waals surface area contributed by atoms with Gasteiger partial charge in [0, 0.05) is 36.2 Å². The Bertz CT molecular complexity index is 1200. The average molecular weight is 465 g/mol. The van der Waals surface area contributed by atoms with Gasteiger partial charge in [0.25, 0.3) is 0 Å². The maximum absolute atomic E-state index is 5.64. The van der Waals surface area contributed by atoms with Gasteiger partial charge in [0.05, 0.1) is 12.5 Å². The minimum atomic E-state index is 0.0357. The van der Waals surface area contributed by atoms with Crippen LogP contribution in [0.2, 0.25) is 0 Å². The molecule has 0 aliphatic carbocycles. The average Bonchev–Trinajstić information content (AvgIpc) is 2.88. The first-order valence-corrected chi connectivity index (χ1v) is 12.1. The zero-order chi connectivity index (χ0) is 23.5. The first-order chi connectivity index (χ1) is 16.7. The van der Waals surface area contributed by atoms with E-state index in [9.17, 15) is 0 Å². The van der Waals surface area contributed by atoms with Crippen LogP contribution in [0.4, 0.5) is 22.7 Å². The number of nitrogens with zero attached hydrogens (tertiary/aromatic N) is 1. The van der Waals surface area contributed by atoms with Crippen molar-refractivity contribution in [3.63, 3.8) is 0 Å². The summed E-state index contributed by atoms with van der Waals surface area (Å²) in [5, 5.41) is 4.09. The molecule has 0 amide bonds. The van der Waals surface area contributed by atoms with Gasteiger partial charge in [-0.1, -0.05) is 72.8 Å². The normalized spacial score (nSPS) is 13.2. The Kier molecular flexibility index (Phi) is 6.33. The lowest BCUT2D eigenvalue weighted by Gasteiger charge is -2.35. The minimum Gasteiger partial charge on any atom is -0.486 e. The van der Waals surface area contributed by atoms with E-state index in [1.54, 1.807) is 0 Å². The molecule has 4 heteroatoms. The van der Waals surface area contributed by atoms with E-state index in [1.165, 1.54) is 45.0 Å². The number of hydrogen-bond acceptors (Lipinski definition) is 4. The number of nitrogens with one attached hydrogen (secondary N) is 1. The molecule has 0 unspecified atom stereocenters. The molecule has 4 aromatic rings. The maximum atomic E-state index is 5.64. The Balaban J connectivity index is 0.000000150. The summed E-state index contributed by atoms with van der Waals surface area (Å²) >= 11 is 5.52. The van der Waals surface area contributed by atoms with E-state index in [-0.39, 0.29) is 5.92 Å². The van der Waals surface area contributed by atoms with E-state index in [1.807, 2.05) is 6.92 Å². The Labute approximate surface area is 207 Å². The van der Waals surface area contributed by atoms with Crippen LogP contribution in [0.5, 0.6) is 0 Å². The molecule has 0 aromatic heterocycles. The highest BCUT2D eigenvalue weighted by Gasteiger charge is 2.31. The number of benzene rings is 4. The minimum absolute atomic E-state index is 0.0357. The fourth-order valence-electron chi connectivity index (χ4n) is 4.79. The highest BCUT2D eigenvalue weighted by atomic mass is 32.1. The predicted octanol–water partition coefficient (Wildman–Crippen LogP) is 7.60. The second kappa shape index (κ2) is 9.70. The van der Waals surface area contributed by atoms with Crippen molar-refractivity contribution in [2.45, 2.75) is 19.3 Å². The van der Waals surface area contributed by atoms with E-state index in [4.69, 9.17) is 17.0 Å². The van der Waals surface area contributed by atoms with E-state index in [0.29, 0.717) is 11.7 Å². The van der Waals surface area contributed by atoms with Crippen LogP contribution in [0.25, 0.3) is 0 Å². The van der Waals surface area contributed by atoms with Crippen LogP contribution in [-0.2, 0) is 11.2 Å². The summed E-state index contributed by atoms with van der Waals surface area (Å²) in [6.07, 6.45) is 1.04. The zero-order valence-corrected chi connectivity index (χ0v) is 20.3. The van der Waals surface area contributed by atoms with Gasteiger partial charge in [-0.3, -0.25) is 0 Å². The van der Waals surface area contributed by atoms with Gasteiger partial charge in [0.2, 0.25) is 0 Å². The fourth-order valence-corrected chi connectivity index (χ4v) is 5.17. The molecule has 170 valence electrons. The van der Waals surface area contributed by atoms with E-state index >= 15 is 0 Å². The molecule has 6 rings (SSSR count). The summed E-state index contributed by atoms with van der Waals surface area (Å²) in [5.74, 6) is 0.0357. The third kappa shape index (κ3) is 4.17. The number of hydrogen-bond donors (Lipinski definition) is 1. The summed E-state index contributed by atoms with van der Waals surface area (Å²) < 4.78 is 5.64. The molecule has 0 radical (unpaired) electrons. The van der Waals surface area contributed by atoms with Crippen LogP contribution in [0.3, 0.4) is 0 Å². The fraction of sp³-hybridized carbons (Fsp3) is 0.167. The Hall–Kier alpha value is -3.63. The molecule has 0 bridgehead atoms. The van der Waals surface area contributed by atoms with Crippen molar-refractivity contribution in [2.24, 2.45) is 0 Å². The van der Waals surface area contributed by atoms with Crippen molar-refractivity contribution in [3.8, 4) is 0 Å². The second-order valence-electron chi connectivity index (χ2n) is 8.48. The smallest absolute Gasteiger partial charge is 0.171 e.